The van der Waals surface area contributed by atoms with Crippen molar-refractivity contribution in [2.24, 2.45) is 5.92 Å². The molecule has 2 aromatic rings. The van der Waals surface area contributed by atoms with Crippen LogP contribution in [-0.2, 0) is 12.8 Å². The fourth-order valence-electron chi connectivity index (χ4n) is 2.35. The normalized spacial score (nSPS) is 12.4. The molecule has 0 aliphatic rings. The Morgan fingerprint density at radius 3 is 2.35 bits per heavy atom. The maximum absolute atomic E-state index is 13.4. The molecule has 0 bridgehead atoms. The maximum Gasteiger partial charge on any atom is 0.142 e. The summed E-state index contributed by atoms with van der Waals surface area (Å²) in [7, 11) is 0. The molecule has 0 N–H and O–H groups in total. The van der Waals surface area contributed by atoms with Crippen molar-refractivity contribution in [3.8, 4) is 0 Å². The Morgan fingerprint density at radius 2 is 1.75 bits per heavy atom. The predicted octanol–water partition coefficient (Wildman–Crippen LogP) is 5.43. The van der Waals surface area contributed by atoms with Crippen LogP contribution in [0.25, 0.3) is 0 Å². The zero-order valence-corrected chi connectivity index (χ0v) is 12.9. The summed E-state index contributed by atoms with van der Waals surface area (Å²) >= 11 is 11.8. The quantitative estimate of drug-likeness (QED) is 0.646. The Balaban J connectivity index is 2.07. The van der Waals surface area contributed by atoms with E-state index in [2.05, 4.69) is 31.2 Å². The molecule has 0 aliphatic carbocycles. The van der Waals surface area contributed by atoms with Crippen LogP contribution in [0.15, 0.2) is 42.5 Å². The molecule has 0 nitrogen and oxygen atoms in total. The van der Waals surface area contributed by atoms with Crippen molar-refractivity contribution < 1.29 is 4.39 Å². The third-order valence-electron chi connectivity index (χ3n) is 3.33. The van der Waals surface area contributed by atoms with Crippen LogP contribution in [-0.4, -0.2) is 5.88 Å². The van der Waals surface area contributed by atoms with Gasteiger partial charge >= 0.3 is 0 Å². The van der Waals surface area contributed by atoms with Crippen molar-refractivity contribution >= 4 is 23.2 Å². The molecule has 0 heterocycles. The first-order valence-corrected chi connectivity index (χ1v) is 7.55. The van der Waals surface area contributed by atoms with Crippen molar-refractivity contribution in [2.75, 3.05) is 5.88 Å². The van der Waals surface area contributed by atoms with Crippen LogP contribution < -0.4 is 0 Å². The Hall–Kier alpha value is -1.05. The molecular weight excluding hydrogens is 294 g/mol. The summed E-state index contributed by atoms with van der Waals surface area (Å²) < 4.78 is 13.4. The smallest absolute Gasteiger partial charge is 0.142 e. The van der Waals surface area contributed by atoms with Gasteiger partial charge in [-0.1, -0.05) is 47.5 Å². The van der Waals surface area contributed by atoms with Gasteiger partial charge in [0, 0.05) is 5.88 Å². The van der Waals surface area contributed by atoms with E-state index in [1.54, 1.807) is 6.07 Å². The van der Waals surface area contributed by atoms with E-state index in [0.29, 0.717) is 11.8 Å². The molecule has 0 saturated carbocycles. The van der Waals surface area contributed by atoms with E-state index in [9.17, 15) is 4.39 Å². The first-order chi connectivity index (χ1) is 9.58. The van der Waals surface area contributed by atoms with Gasteiger partial charge in [-0.2, -0.15) is 0 Å². The Kier molecular flexibility index (Phi) is 5.45. The minimum Gasteiger partial charge on any atom is -0.205 e. The molecule has 0 amide bonds. The molecule has 0 radical (unpaired) electrons. The third kappa shape index (κ3) is 4.22. The topological polar surface area (TPSA) is 0 Å². The Morgan fingerprint density at radius 1 is 1.05 bits per heavy atom. The van der Waals surface area contributed by atoms with Crippen LogP contribution in [0.4, 0.5) is 4.39 Å². The van der Waals surface area contributed by atoms with Gasteiger partial charge in [0.05, 0.1) is 5.02 Å². The van der Waals surface area contributed by atoms with Crippen LogP contribution in [0.5, 0.6) is 0 Å². The van der Waals surface area contributed by atoms with Gasteiger partial charge in [-0.25, -0.2) is 4.39 Å². The van der Waals surface area contributed by atoms with Gasteiger partial charge in [0.25, 0.3) is 0 Å². The van der Waals surface area contributed by atoms with E-state index >= 15 is 0 Å². The monoisotopic (exact) mass is 310 g/mol. The summed E-state index contributed by atoms with van der Waals surface area (Å²) in [6, 6.07) is 13.4. The molecule has 2 aromatic carbocycles. The summed E-state index contributed by atoms with van der Waals surface area (Å²) in [5.74, 6) is 0.477. The second-order valence-electron chi connectivity index (χ2n) is 5.17. The van der Waals surface area contributed by atoms with Gasteiger partial charge in [0.15, 0.2) is 0 Å². The summed E-state index contributed by atoms with van der Waals surface area (Å²) in [6.45, 7) is 2.08. The highest BCUT2D eigenvalue weighted by molar-refractivity contribution is 6.30. The lowest BCUT2D eigenvalue weighted by molar-refractivity contribution is 0.576. The molecule has 0 spiro atoms. The van der Waals surface area contributed by atoms with Gasteiger partial charge < -0.3 is 0 Å². The maximum atomic E-state index is 13.4. The van der Waals surface area contributed by atoms with Crippen LogP contribution in [0.3, 0.4) is 0 Å². The standard InChI is InChI=1S/C17H17Cl2F/c1-12-3-2-4-13(7-12)8-15(11-18)9-14-5-6-16(19)17(20)10-14/h2-7,10,15H,8-9,11H2,1H3. The Bertz CT molecular complexity index is 581. The molecule has 0 fully saturated rings. The van der Waals surface area contributed by atoms with Gasteiger partial charge in [-0.3, -0.25) is 0 Å². The zero-order valence-electron chi connectivity index (χ0n) is 11.4. The van der Waals surface area contributed by atoms with E-state index < -0.39 is 0 Å². The van der Waals surface area contributed by atoms with E-state index in [0.717, 1.165) is 18.4 Å². The number of halogens is 3. The molecule has 1 unspecified atom stereocenters. The summed E-state index contributed by atoms with van der Waals surface area (Å²) in [6.07, 6.45) is 1.65. The summed E-state index contributed by atoms with van der Waals surface area (Å²) in [5, 5.41) is 0.162. The van der Waals surface area contributed by atoms with Crippen molar-refractivity contribution in [2.45, 2.75) is 19.8 Å². The van der Waals surface area contributed by atoms with E-state index in [1.807, 2.05) is 6.07 Å². The molecule has 0 aliphatic heterocycles. The molecule has 20 heavy (non-hydrogen) atoms. The summed E-state index contributed by atoms with van der Waals surface area (Å²) in [5.41, 5.74) is 3.45. The average molecular weight is 311 g/mol. The molecule has 2 rings (SSSR count). The minimum absolute atomic E-state index is 0.162. The SMILES string of the molecule is Cc1cccc(CC(CCl)Cc2ccc(Cl)c(F)c2)c1. The first-order valence-electron chi connectivity index (χ1n) is 6.64. The number of hydrogen-bond donors (Lipinski definition) is 0. The number of aryl methyl sites for hydroxylation is 1. The highest BCUT2D eigenvalue weighted by atomic mass is 35.5. The minimum atomic E-state index is -0.368. The van der Waals surface area contributed by atoms with Gasteiger partial charge in [0.1, 0.15) is 5.82 Å². The molecule has 3 heteroatoms. The number of alkyl halides is 1. The van der Waals surface area contributed by atoms with Crippen molar-refractivity contribution in [3.05, 3.63) is 70.0 Å². The lowest BCUT2D eigenvalue weighted by Gasteiger charge is -2.14. The largest absolute Gasteiger partial charge is 0.205 e. The molecule has 0 saturated heterocycles. The van der Waals surface area contributed by atoms with Crippen molar-refractivity contribution in [1.29, 1.82) is 0 Å². The summed E-state index contributed by atoms with van der Waals surface area (Å²) in [4.78, 5) is 0. The van der Waals surface area contributed by atoms with E-state index in [1.165, 1.54) is 17.2 Å². The van der Waals surface area contributed by atoms with Crippen LogP contribution >= 0.6 is 23.2 Å². The van der Waals surface area contributed by atoms with Crippen molar-refractivity contribution in [1.82, 2.24) is 0 Å². The average Bonchev–Trinajstić information content (AvgIpc) is 2.42. The van der Waals surface area contributed by atoms with Crippen LogP contribution in [0.1, 0.15) is 16.7 Å². The number of hydrogen-bond acceptors (Lipinski definition) is 0. The molecule has 1 atom stereocenters. The highest BCUT2D eigenvalue weighted by Crippen LogP contribution is 2.21. The zero-order chi connectivity index (χ0) is 14.5. The number of rotatable bonds is 5. The van der Waals surface area contributed by atoms with Crippen molar-refractivity contribution in [3.63, 3.8) is 0 Å². The lowest BCUT2D eigenvalue weighted by atomic mass is 9.93. The molecule has 106 valence electrons. The molecule has 0 aromatic heterocycles. The lowest BCUT2D eigenvalue weighted by Crippen LogP contribution is -2.10. The first kappa shape index (κ1) is 15.3. The van der Waals surface area contributed by atoms with Crippen LogP contribution in [0, 0.1) is 18.7 Å². The van der Waals surface area contributed by atoms with E-state index in [4.69, 9.17) is 23.2 Å². The second-order valence-corrected chi connectivity index (χ2v) is 5.88. The van der Waals surface area contributed by atoms with Gasteiger partial charge in [-0.05, 0) is 48.9 Å². The van der Waals surface area contributed by atoms with Gasteiger partial charge in [-0.15, -0.1) is 11.6 Å². The fourth-order valence-corrected chi connectivity index (χ4v) is 2.69. The van der Waals surface area contributed by atoms with Crippen LogP contribution in [0.2, 0.25) is 5.02 Å². The second kappa shape index (κ2) is 7.10. The van der Waals surface area contributed by atoms with E-state index in [-0.39, 0.29) is 10.8 Å². The number of benzene rings is 2. The van der Waals surface area contributed by atoms with Gasteiger partial charge in [0.2, 0.25) is 0 Å². The third-order valence-corrected chi connectivity index (χ3v) is 4.08. The fraction of sp³-hybridized carbons (Fsp3) is 0.294. The Labute approximate surface area is 129 Å². The highest BCUT2D eigenvalue weighted by Gasteiger charge is 2.11. The molecular formula is C17H17Cl2F. The predicted molar refractivity (Wildman–Crippen MR) is 84.2 cm³/mol.